The molecule has 1 rings (SSSR count). The molecule has 8 heteroatoms. The molecule has 7 nitrogen and oxygen atoms in total. The van der Waals surface area contributed by atoms with Crippen molar-refractivity contribution < 1.29 is 17.9 Å². The molecule has 0 aliphatic carbocycles. The standard InChI is InChI=1S/C15H21N3O4S/c1-10-6-13(12(3)18(10)11(2)9-22-4)7-14(8-16)15(19)17-23(5,20)21/h6-7,11H,9H2,1-5H3,(H,17,19). The van der Waals surface area contributed by atoms with Gasteiger partial charge in [-0.3, -0.25) is 4.79 Å². The minimum atomic E-state index is -3.72. The number of nitrogens with zero attached hydrogens (tertiary/aromatic N) is 2. The number of rotatable bonds is 6. The van der Waals surface area contributed by atoms with E-state index in [1.165, 1.54) is 6.08 Å². The average Bonchev–Trinajstić information content (AvgIpc) is 2.68. The first-order valence-electron chi connectivity index (χ1n) is 6.92. The van der Waals surface area contributed by atoms with Crippen LogP contribution in [0.1, 0.15) is 29.9 Å². The van der Waals surface area contributed by atoms with Crippen LogP contribution < -0.4 is 4.72 Å². The monoisotopic (exact) mass is 339 g/mol. The third-order valence-electron chi connectivity index (χ3n) is 3.32. The summed E-state index contributed by atoms with van der Waals surface area (Å²) in [4.78, 5) is 11.8. The smallest absolute Gasteiger partial charge is 0.275 e. The van der Waals surface area contributed by atoms with E-state index in [1.54, 1.807) is 17.9 Å². The van der Waals surface area contributed by atoms with Gasteiger partial charge in [-0.2, -0.15) is 5.26 Å². The molecule has 1 heterocycles. The molecule has 0 saturated carbocycles. The van der Waals surface area contributed by atoms with Crippen molar-refractivity contribution in [2.45, 2.75) is 26.8 Å². The van der Waals surface area contributed by atoms with Crippen molar-refractivity contribution in [2.75, 3.05) is 20.0 Å². The Labute approximate surface area is 136 Å². The van der Waals surface area contributed by atoms with Crippen LogP contribution in [0.25, 0.3) is 6.08 Å². The Balaban J connectivity index is 3.23. The highest BCUT2D eigenvalue weighted by Crippen LogP contribution is 2.22. The zero-order chi connectivity index (χ0) is 17.8. The zero-order valence-corrected chi connectivity index (χ0v) is 14.7. The number of sulfonamides is 1. The van der Waals surface area contributed by atoms with Crippen LogP contribution in [-0.4, -0.2) is 38.9 Å². The molecule has 0 fully saturated rings. The second kappa shape index (κ2) is 7.44. The first-order chi connectivity index (χ1) is 10.6. The predicted molar refractivity (Wildman–Crippen MR) is 87.1 cm³/mol. The number of amides is 1. The predicted octanol–water partition coefficient (Wildman–Crippen LogP) is 1.30. The minimum Gasteiger partial charge on any atom is -0.383 e. The van der Waals surface area contributed by atoms with Gasteiger partial charge < -0.3 is 9.30 Å². The molecule has 0 bridgehead atoms. The quantitative estimate of drug-likeness (QED) is 0.622. The molecule has 0 aromatic carbocycles. The van der Waals surface area contributed by atoms with Gasteiger partial charge in [0.15, 0.2) is 0 Å². The molecule has 1 unspecified atom stereocenters. The summed E-state index contributed by atoms with van der Waals surface area (Å²) in [5.41, 5.74) is 2.24. The fourth-order valence-electron chi connectivity index (χ4n) is 2.47. The summed E-state index contributed by atoms with van der Waals surface area (Å²) in [5.74, 6) is -0.940. The van der Waals surface area contributed by atoms with Crippen LogP contribution in [0.5, 0.6) is 0 Å². The van der Waals surface area contributed by atoms with Crippen molar-refractivity contribution in [3.8, 4) is 6.07 Å². The molecule has 0 spiro atoms. The molecule has 1 aromatic heterocycles. The molecule has 0 radical (unpaired) electrons. The highest BCUT2D eigenvalue weighted by atomic mass is 32.2. The average molecular weight is 339 g/mol. The summed E-state index contributed by atoms with van der Waals surface area (Å²) in [6.07, 6.45) is 2.25. The van der Waals surface area contributed by atoms with E-state index in [4.69, 9.17) is 10.00 Å². The van der Waals surface area contributed by atoms with E-state index in [9.17, 15) is 13.2 Å². The van der Waals surface area contributed by atoms with Gasteiger partial charge in [0, 0.05) is 18.5 Å². The van der Waals surface area contributed by atoms with Crippen LogP contribution >= 0.6 is 0 Å². The first kappa shape index (κ1) is 18.9. The maximum absolute atomic E-state index is 11.8. The van der Waals surface area contributed by atoms with Crippen LogP contribution in [0.4, 0.5) is 0 Å². The Bertz CT molecular complexity index is 769. The Morgan fingerprint density at radius 1 is 1.52 bits per heavy atom. The Morgan fingerprint density at radius 3 is 2.61 bits per heavy atom. The molecule has 1 amide bonds. The molecule has 1 atom stereocenters. The molecule has 1 N–H and O–H groups in total. The van der Waals surface area contributed by atoms with Crippen LogP contribution in [0.3, 0.4) is 0 Å². The molecular formula is C15H21N3O4S. The van der Waals surface area contributed by atoms with Crippen molar-refractivity contribution in [2.24, 2.45) is 0 Å². The van der Waals surface area contributed by atoms with E-state index in [0.29, 0.717) is 12.2 Å². The number of ether oxygens (including phenoxy) is 1. The molecule has 0 saturated heterocycles. The van der Waals surface area contributed by atoms with E-state index in [1.807, 2.05) is 31.4 Å². The summed E-state index contributed by atoms with van der Waals surface area (Å²) in [6.45, 7) is 6.31. The molecule has 23 heavy (non-hydrogen) atoms. The van der Waals surface area contributed by atoms with E-state index < -0.39 is 15.9 Å². The van der Waals surface area contributed by atoms with Crippen LogP contribution in [0.15, 0.2) is 11.6 Å². The Kier molecular flexibility index (Phi) is 6.12. The number of hydrogen-bond donors (Lipinski definition) is 1. The van der Waals surface area contributed by atoms with E-state index in [-0.39, 0.29) is 11.6 Å². The lowest BCUT2D eigenvalue weighted by atomic mass is 10.1. The van der Waals surface area contributed by atoms with Gasteiger partial charge in [-0.1, -0.05) is 0 Å². The first-order valence-corrected chi connectivity index (χ1v) is 8.81. The van der Waals surface area contributed by atoms with E-state index >= 15 is 0 Å². The summed E-state index contributed by atoms with van der Waals surface area (Å²) >= 11 is 0. The Morgan fingerprint density at radius 2 is 2.13 bits per heavy atom. The number of nitriles is 1. The number of carbonyl (C=O) groups is 1. The van der Waals surface area contributed by atoms with Gasteiger partial charge in [0.25, 0.3) is 5.91 Å². The third-order valence-corrected chi connectivity index (χ3v) is 3.87. The normalized spacial score (nSPS) is 13.5. The highest BCUT2D eigenvalue weighted by Gasteiger charge is 2.17. The van der Waals surface area contributed by atoms with Gasteiger partial charge >= 0.3 is 0 Å². The van der Waals surface area contributed by atoms with E-state index in [0.717, 1.165) is 17.6 Å². The van der Waals surface area contributed by atoms with Gasteiger partial charge in [0.1, 0.15) is 11.6 Å². The van der Waals surface area contributed by atoms with Crippen LogP contribution in [0.2, 0.25) is 0 Å². The number of methoxy groups -OCH3 is 1. The van der Waals surface area contributed by atoms with Gasteiger partial charge in [-0.25, -0.2) is 13.1 Å². The molecule has 0 aliphatic rings. The molecular weight excluding hydrogens is 318 g/mol. The van der Waals surface area contributed by atoms with E-state index in [2.05, 4.69) is 0 Å². The lowest BCUT2D eigenvalue weighted by molar-refractivity contribution is -0.115. The van der Waals surface area contributed by atoms with Gasteiger partial charge in [0.2, 0.25) is 10.0 Å². The molecule has 126 valence electrons. The summed E-state index contributed by atoms with van der Waals surface area (Å²) < 4.78 is 31.2. The Hall–Kier alpha value is -2.11. The number of hydrogen-bond acceptors (Lipinski definition) is 5. The second-order valence-electron chi connectivity index (χ2n) is 5.37. The highest BCUT2D eigenvalue weighted by molar-refractivity contribution is 7.89. The third kappa shape index (κ3) is 4.94. The fourth-order valence-corrected chi connectivity index (χ4v) is 2.92. The molecule has 1 aromatic rings. The second-order valence-corrected chi connectivity index (χ2v) is 7.12. The number of aryl methyl sites for hydroxylation is 1. The SMILES string of the molecule is COCC(C)n1c(C)cc(C=C(C#N)C(=O)NS(C)(=O)=O)c1C. The van der Waals surface area contributed by atoms with Gasteiger partial charge in [0.05, 0.1) is 18.9 Å². The van der Waals surface area contributed by atoms with Crippen LogP contribution in [0, 0.1) is 25.2 Å². The van der Waals surface area contributed by atoms with Crippen molar-refractivity contribution in [3.63, 3.8) is 0 Å². The number of aromatic nitrogens is 1. The number of carbonyl (C=O) groups excluding carboxylic acids is 1. The van der Waals surface area contributed by atoms with Crippen molar-refractivity contribution in [3.05, 3.63) is 28.6 Å². The van der Waals surface area contributed by atoms with Gasteiger partial charge in [-0.05, 0) is 38.5 Å². The number of nitrogens with one attached hydrogen (secondary N) is 1. The van der Waals surface area contributed by atoms with Gasteiger partial charge in [-0.15, -0.1) is 0 Å². The largest absolute Gasteiger partial charge is 0.383 e. The summed E-state index contributed by atoms with van der Waals surface area (Å²) in [6, 6.07) is 3.67. The lowest BCUT2D eigenvalue weighted by Crippen LogP contribution is -2.30. The minimum absolute atomic E-state index is 0.0949. The maximum atomic E-state index is 11.8. The molecule has 0 aliphatic heterocycles. The van der Waals surface area contributed by atoms with Crippen molar-refractivity contribution in [1.82, 2.24) is 9.29 Å². The summed E-state index contributed by atoms with van der Waals surface area (Å²) in [5, 5.41) is 9.11. The lowest BCUT2D eigenvalue weighted by Gasteiger charge is -2.17. The van der Waals surface area contributed by atoms with Crippen molar-refractivity contribution in [1.29, 1.82) is 5.26 Å². The zero-order valence-electron chi connectivity index (χ0n) is 13.9. The summed E-state index contributed by atoms with van der Waals surface area (Å²) in [7, 11) is -2.10. The van der Waals surface area contributed by atoms with Crippen molar-refractivity contribution >= 4 is 22.0 Å². The van der Waals surface area contributed by atoms with Crippen LogP contribution in [-0.2, 0) is 19.6 Å². The maximum Gasteiger partial charge on any atom is 0.275 e. The fraction of sp³-hybridized carbons (Fsp3) is 0.467. The topological polar surface area (TPSA) is 101 Å².